The van der Waals surface area contributed by atoms with Crippen LogP contribution in [0.15, 0.2) is 24.3 Å². The Kier molecular flexibility index (Phi) is 60.2. The molecule has 1 rings (SSSR count). The van der Waals surface area contributed by atoms with E-state index < -0.39 is 49.5 Å². The molecular formula is C73H141NO8. The maximum atomic E-state index is 13.2. The lowest BCUT2D eigenvalue weighted by atomic mass is 9.99. The Morgan fingerprint density at radius 2 is 0.720 bits per heavy atom. The van der Waals surface area contributed by atoms with Crippen LogP contribution in [0.1, 0.15) is 380 Å². The highest BCUT2D eigenvalue weighted by atomic mass is 16.7. The van der Waals surface area contributed by atoms with Gasteiger partial charge in [-0.05, 0) is 44.9 Å². The predicted octanol–water partition coefficient (Wildman–Crippen LogP) is 20.0. The first-order valence-electron chi connectivity index (χ1n) is 36.5. The van der Waals surface area contributed by atoms with E-state index in [1.54, 1.807) is 0 Å². The summed E-state index contributed by atoms with van der Waals surface area (Å²) >= 11 is 0. The van der Waals surface area contributed by atoms with Crippen molar-refractivity contribution in [2.75, 3.05) is 13.2 Å². The first-order chi connectivity index (χ1) is 40.3. The summed E-state index contributed by atoms with van der Waals surface area (Å²) in [5.41, 5.74) is 0. The van der Waals surface area contributed by atoms with E-state index in [2.05, 4.69) is 43.5 Å². The van der Waals surface area contributed by atoms with Gasteiger partial charge in [-0.1, -0.05) is 353 Å². The molecule has 0 spiro atoms. The summed E-state index contributed by atoms with van der Waals surface area (Å²) in [6, 6.07) is -0.719. The Balaban J connectivity index is 2.09. The second-order valence-corrected chi connectivity index (χ2v) is 25.7. The molecule has 7 atom stereocenters. The summed E-state index contributed by atoms with van der Waals surface area (Å²) in [4.78, 5) is 13.2. The molecule has 7 unspecified atom stereocenters. The normalized spacial score (nSPS) is 18.4. The summed E-state index contributed by atoms with van der Waals surface area (Å²) in [7, 11) is 0. The third kappa shape index (κ3) is 50.8. The van der Waals surface area contributed by atoms with Crippen LogP contribution in [-0.2, 0) is 14.3 Å². The second-order valence-electron chi connectivity index (χ2n) is 25.7. The Labute approximate surface area is 509 Å². The van der Waals surface area contributed by atoms with Crippen molar-refractivity contribution in [3.05, 3.63) is 24.3 Å². The van der Waals surface area contributed by atoms with Crippen LogP contribution in [0.4, 0.5) is 0 Å². The number of hydrogen-bond donors (Lipinski definition) is 6. The summed E-state index contributed by atoms with van der Waals surface area (Å²) in [6.07, 6.45) is 75.4. The fraction of sp³-hybridized carbons (Fsp3) is 0.932. The lowest BCUT2D eigenvalue weighted by molar-refractivity contribution is -0.302. The molecule has 1 saturated heterocycles. The van der Waals surface area contributed by atoms with Gasteiger partial charge in [-0.3, -0.25) is 4.79 Å². The molecule has 82 heavy (non-hydrogen) atoms. The first kappa shape index (κ1) is 78.7. The van der Waals surface area contributed by atoms with E-state index in [1.807, 2.05) is 0 Å². The van der Waals surface area contributed by atoms with Gasteiger partial charge in [0.05, 0.1) is 25.4 Å². The average molecular weight is 1160 g/mol. The minimum absolute atomic E-state index is 0.134. The van der Waals surface area contributed by atoms with E-state index >= 15 is 0 Å². The molecule has 486 valence electrons. The average Bonchev–Trinajstić information content (AvgIpc) is 3.53. The van der Waals surface area contributed by atoms with Gasteiger partial charge in [0, 0.05) is 6.42 Å². The van der Waals surface area contributed by atoms with E-state index in [1.165, 1.54) is 308 Å². The van der Waals surface area contributed by atoms with Crippen LogP contribution in [0.5, 0.6) is 0 Å². The molecule has 6 N–H and O–H groups in total. The smallest absolute Gasteiger partial charge is 0.220 e. The number of nitrogens with one attached hydrogen (secondary N) is 1. The molecular weight excluding hydrogens is 1020 g/mol. The van der Waals surface area contributed by atoms with E-state index in [0.717, 1.165) is 44.9 Å². The highest BCUT2D eigenvalue weighted by molar-refractivity contribution is 5.76. The Hall–Kier alpha value is -1.33. The fourth-order valence-corrected chi connectivity index (χ4v) is 12.1. The Morgan fingerprint density at radius 3 is 1.05 bits per heavy atom. The summed E-state index contributed by atoms with van der Waals surface area (Å²) in [6.45, 7) is 3.89. The van der Waals surface area contributed by atoms with Gasteiger partial charge in [0.25, 0.3) is 0 Å². The molecule has 0 aromatic heterocycles. The van der Waals surface area contributed by atoms with E-state index in [4.69, 9.17) is 9.47 Å². The number of rotatable bonds is 65. The number of unbranched alkanes of at least 4 members (excludes halogenated alkanes) is 51. The Morgan fingerprint density at radius 1 is 0.415 bits per heavy atom. The predicted molar refractivity (Wildman–Crippen MR) is 350 cm³/mol. The zero-order chi connectivity index (χ0) is 59.3. The van der Waals surface area contributed by atoms with E-state index in [-0.39, 0.29) is 12.5 Å². The lowest BCUT2D eigenvalue weighted by Gasteiger charge is -2.40. The molecule has 9 nitrogen and oxygen atoms in total. The summed E-state index contributed by atoms with van der Waals surface area (Å²) in [5, 5.41) is 55.0. The molecule has 1 amide bonds. The van der Waals surface area contributed by atoms with Crippen molar-refractivity contribution >= 4 is 5.91 Å². The minimum atomic E-state index is -1.55. The van der Waals surface area contributed by atoms with Crippen molar-refractivity contribution in [3.63, 3.8) is 0 Å². The number of amides is 1. The number of aliphatic hydroxyl groups is 5. The molecule has 0 bridgehead atoms. The molecule has 1 fully saturated rings. The van der Waals surface area contributed by atoms with Gasteiger partial charge in [-0.15, -0.1) is 0 Å². The molecule has 0 aromatic carbocycles. The molecule has 1 aliphatic rings. The number of carbonyl (C=O) groups is 1. The largest absolute Gasteiger partial charge is 0.394 e. The van der Waals surface area contributed by atoms with Gasteiger partial charge in [-0.25, -0.2) is 0 Å². The second kappa shape index (κ2) is 62.7. The Bertz CT molecular complexity index is 1340. The maximum Gasteiger partial charge on any atom is 0.220 e. The molecule has 1 heterocycles. The van der Waals surface area contributed by atoms with Gasteiger partial charge in [0.15, 0.2) is 6.29 Å². The molecule has 0 aliphatic carbocycles. The number of aliphatic hydroxyl groups excluding tert-OH is 5. The van der Waals surface area contributed by atoms with Crippen LogP contribution in [0, 0.1) is 0 Å². The van der Waals surface area contributed by atoms with Crippen molar-refractivity contribution in [1.29, 1.82) is 0 Å². The van der Waals surface area contributed by atoms with Crippen molar-refractivity contribution in [2.24, 2.45) is 0 Å². The van der Waals surface area contributed by atoms with Gasteiger partial charge < -0.3 is 40.3 Å². The van der Waals surface area contributed by atoms with E-state index in [0.29, 0.717) is 12.8 Å². The van der Waals surface area contributed by atoms with Crippen LogP contribution in [0.2, 0.25) is 0 Å². The molecule has 0 saturated carbocycles. The van der Waals surface area contributed by atoms with Gasteiger partial charge in [0.1, 0.15) is 24.4 Å². The highest BCUT2D eigenvalue weighted by Gasteiger charge is 2.44. The molecule has 0 aromatic rings. The van der Waals surface area contributed by atoms with Crippen LogP contribution < -0.4 is 5.32 Å². The minimum Gasteiger partial charge on any atom is -0.394 e. The lowest BCUT2D eigenvalue weighted by Crippen LogP contribution is -2.60. The van der Waals surface area contributed by atoms with Crippen LogP contribution in [0.25, 0.3) is 0 Å². The van der Waals surface area contributed by atoms with E-state index in [9.17, 15) is 30.3 Å². The summed E-state index contributed by atoms with van der Waals surface area (Å²) < 4.78 is 11.4. The van der Waals surface area contributed by atoms with Crippen molar-refractivity contribution in [1.82, 2.24) is 5.32 Å². The third-order valence-corrected chi connectivity index (χ3v) is 17.8. The quantitative estimate of drug-likeness (QED) is 0.0261. The van der Waals surface area contributed by atoms with Crippen LogP contribution in [-0.4, -0.2) is 87.5 Å². The number of carbonyl (C=O) groups excluding carboxylic acids is 1. The topological polar surface area (TPSA) is 149 Å². The van der Waals surface area contributed by atoms with Gasteiger partial charge in [0.2, 0.25) is 5.91 Å². The van der Waals surface area contributed by atoms with Gasteiger partial charge >= 0.3 is 0 Å². The number of ether oxygens (including phenoxy) is 2. The zero-order valence-corrected chi connectivity index (χ0v) is 54.5. The number of allylic oxidation sites excluding steroid dienone is 4. The van der Waals surface area contributed by atoms with Crippen LogP contribution in [0.3, 0.4) is 0 Å². The van der Waals surface area contributed by atoms with Crippen molar-refractivity contribution in [2.45, 2.75) is 423 Å². The van der Waals surface area contributed by atoms with Gasteiger partial charge in [-0.2, -0.15) is 0 Å². The third-order valence-electron chi connectivity index (χ3n) is 17.8. The molecule has 1 aliphatic heterocycles. The van der Waals surface area contributed by atoms with Crippen molar-refractivity contribution in [3.8, 4) is 0 Å². The SMILES string of the molecule is CCCCCCC/C=C\C/C=C\CCCCCCCCCCCCCCCCCC(=O)NC(COC1OC(CO)C(O)C(O)C1O)C(O)CCCCCCCCCCCCCCCCCCCCCCCCCCCCCCCCCC. The van der Waals surface area contributed by atoms with Crippen molar-refractivity contribution < 1.29 is 39.8 Å². The summed E-state index contributed by atoms with van der Waals surface area (Å²) in [5.74, 6) is -0.137. The molecule has 0 radical (unpaired) electrons. The fourth-order valence-electron chi connectivity index (χ4n) is 12.1. The standard InChI is InChI=1S/C73H141NO8/c1-3-5-7-9-11-13-15-17-19-21-23-25-27-29-31-32-33-34-35-37-38-40-42-44-46-48-50-52-54-56-58-60-62-67(76)66(65-81-73-72(80)71(79)70(78)68(64-75)82-73)74-69(77)63-61-59-57-55-53-51-49-47-45-43-41-39-36-30-28-26-24-22-20-18-16-14-12-10-8-6-4-2/h16,18,22,24,66-68,70-73,75-76,78-80H,3-15,17,19-21,23,25-65H2,1-2H3,(H,74,77)/b18-16-,24-22-. The first-order valence-corrected chi connectivity index (χ1v) is 36.5. The maximum absolute atomic E-state index is 13.2. The monoisotopic (exact) mass is 1160 g/mol. The zero-order valence-electron chi connectivity index (χ0n) is 54.5. The number of hydrogen-bond acceptors (Lipinski definition) is 8. The molecule has 9 heteroatoms. The van der Waals surface area contributed by atoms with Crippen LogP contribution >= 0.6 is 0 Å². The highest BCUT2D eigenvalue weighted by Crippen LogP contribution is 2.24.